The van der Waals surface area contributed by atoms with E-state index < -0.39 is 35.2 Å². The van der Waals surface area contributed by atoms with E-state index in [4.69, 9.17) is 4.74 Å². The van der Waals surface area contributed by atoms with E-state index in [9.17, 15) is 19.5 Å². The minimum atomic E-state index is -0.983. The molecule has 0 saturated carbocycles. The number of nitrogens with zero attached hydrogens (tertiary/aromatic N) is 1. The third-order valence-electron chi connectivity index (χ3n) is 5.32. The zero-order valence-electron chi connectivity index (χ0n) is 23.1. The minimum absolute atomic E-state index is 0.0704. The molecule has 0 aliphatic carbocycles. The molecule has 1 aromatic carbocycles. The van der Waals surface area contributed by atoms with Crippen LogP contribution in [0.25, 0.3) is 0 Å². The van der Waals surface area contributed by atoms with Crippen molar-refractivity contribution in [3.8, 4) is 0 Å². The normalized spacial score (nSPS) is 13.7. The number of nitrogens with one attached hydrogen (secondary N) is 2. The molecule has 1 rings (SSSR count). The van der Waals surface area contributed by atoms with E-state index in [1.165, 1.54) is 4.90 Å². The summed E-state index contributed by atoms with van der Waals surface area (Å²) in [5.41, 5.74) is 1.28. The van der Waals surface area contributed by atoms with Gasteiger partial charge in [-0.05, 0) is 84.4 Å². The number of aliphatic hydroxyl groups is 1. The molecule has 2 unspecified atom stereocenters. The molecule has 0 aliphatic rings. The van der Waals surface area contributed by atoms with E-state index >= 15 is 0 Å². The lowest BCUT2D eigenvalue weighted by Gasteiger charge is -2.36. The zero-order chi connectivity index (χ0) is 27.1. The molecular weight excluding hydrogens is 446 g/mol. The Bertz CT molecular complexity index is 884. The predicted octanol–water partition coefficient (Wildman–Crippen LogP) is 4.02. The van der Waals surface area contributed by atoms with Crippen LogP contribution in [0.5, 0.6) is 0 Å². The van der Waals surface area contributed by atoms with Gasteiger partial charge in [-0.15, -0.1) is 0 Å². The highest BCUT2D eigenvalue weighted by atomic mass is 16.6. The molecule has 8 heteroatoms. The smallest absolute Gasteiger partial charge is 0.408 e. The van der Waals surface area contributed by atoms with Crippen molar-refractivity contribution in [2.45, 2.75) is 98.9 Å². The molecule has 35 heavy (non-hydrogen) atoms. The van der Waals surface area contributed by atoms with Gasteiger partial charge >= 0.3 is 6.09 Å². The van der Waals surface area contributed by atoms with Gasteiger partial charge in [0.1, 0.15) is 17.7 Å². The minimum Gasteiger partial charge on any atom is -0.444 e. The van der Waals surface area contributed by atoms with Crippen molar-refractivity contribution in [3.63, 3.8) is 0 Å². The van der Waals surface area contributed by atoms with Crippen LogP contribution in [0.4, 0.5) is 4.79 Å². The van der Waals surface area contributed by atoms with Gasteiger partial charge in [0.25, 0.3) is 0 Å². The topological polar surface area (TPSA) is 108 Å². The number of ether oxygens (including phenoxy) is 1. The van der Waals surface area contributed by atoms with Crippen LogP contribution in [0, 0.1) is 19.8 Å². The quantitative estimate of drug-likeness (QED) is 0.484. The first kappa shape index (κ1) is 30.4. The number of carbonyl (C=O) groups excluding carboxylic acids is 3. The van der Waals surface area contributed by atoms with Gasteiger partial charge < -0.3 is 25.4 Å². The molecular formula is C27H45N3O5. The van der Waals surface area contributed by atoms with Crippen LogP contribution in [-0.4, -0.2) is 58.2 Å². The average molecular weight is 492 g/mol. The molecule has 198 valence electrons. The number of amides is 3. The second-order valence-corrected chi connectivity index (χ2v) is 11.5. The Kier molecular flexibility index (Phi) is 10.8. The molecule has 1 aromatic rings. The lowest BCUT2D eigenvalue weighted by atomic mass is 9.93. The summed E-state index contributed by atoms with van der Waals surface area (Å²) in [6.07, 6.45) is -0.358. The monoisotopic (exact) mass is 491 g/mol. The number of hydrogen-bond donors (Lipinski definition) is 3. The van der Waals surface area contributed by atoms with E-state index in [1.807, 2.05) is 66.7 Å². The van der Waals surface area contributed by atoms with Crippen molar-refractivity contribution < 1.29 is 24.2 Å². The van der Waals surface area contributed by atoms with Crippen molar-refractivity contribution >= 4 is 17.9 Å². The number of aliphatic hydroxyl groups excluding tert-OH is 1. The Morgan fingerprint density at radius 2 is 1.66 bits per heavy atom. The van der Waals surface area contributed by atoms with E-state index in [2.05, 4.69) is 10.6 Å². The Morgan fingerprint density at radius 3 is 2.14 bits per heavy atom. The third-order valence-corrected chi connectivity index (χ3v) is 5.32. The molecule has 3 N–H and O–H groups in total. The Hall–Kier alpha value is -2.61. The van der Waals surface area contributed by atoms with Crippen molar-refractivity contribution in [1.29, 1.82) is 0 Å². The Balaban J connectivity index is 3.54. The molecule has 0 radical (unpaired) electrons. The fourth-order valence-electron chi connectivity index (χ4n) is 3.78. The highest BCUT2D eigenvalue weighted by Gasteiger charge is 2.38. The SMILES string of the molecule is Cc1cccc(C(C(=O)NC(C)(C)C)N(CCO)C(=O)C(CC(C)C)NC(=O)OC(C)(C)C)c1C. The molecule has 0 saturated heterocycles. The van der Waals surface area contributed by atoms with Gasteiger partial charge in [-0.2, -0.15) is 0 Å². The largest absolute Gasteiger partial charge is 0.444 e. The van der Waals surface area contributed by atoms with Crippen molar-refractivity contribution in [2.75, 3.05) is 13.2 Å². The van der Waals surface area contributed by atoms with Crippen molar-refractivity contribution in [3.05, 3.63) is 34.9 Å². The van der Waals surface area contributed by atoms with Gasteiger partial charge in [0.05, 0.1) is 6.61 Å². The number of alkyl carbamates (subject to hydrolysis) is 1. The first-order valence-electron chi connectivity index (χ1n) is 12.3. The lowest BCUT2D eigenvalue weighted by molar-refractivity contribution is -0.144. The van der Waals surface area contributed by atoms with Gasteiger partial charge in [0, 0.05) is 12.1 Å². The lowest BCUT2D eigenvalue weighted by Crippen LogP contribution is -2.55. The molecule has 0 spiro atoms. The van der Waals surface area contributed by atoms with E-state index in [0.717, 1.165) is 11.1 Å². The summed E-state index contributed by atoms with van der Waals surface area (Å²) in [6.45, 7) is 18.2. The van der Waals surface area contributed by atoms with Crippen LogP contribution in [0.15, 0.2) is 18.2 Å². The summed E-state index contributed by atoms with van der Waals surface area (Å²) in [5, 5.41) is 15.6. The molecule has 0 heterocycles. The Morgan fingerprint density at radius 1 is 1.06 bits per heavy atom. The van der Waals surface area contributed by atoms with Gasteiger partial charge in [-0.3, -0.25) is 9.59 Å². The van der Waals surface area contributed by atoms with Gasteiger partial charge in [-0.25, -0.2) is 4.79 Å². The predicted molar refractivity (Wildman–Crippen MR) is 138 cm³/mol. The molecule has 0 fully saturated rings. The summed E-state index contributed by atoms with van der Waals surface area (Å²) >= 11 is 0. The third kappa shape index (κ3) is 9.88. The van der Waals surface area contributed by atoms with Crippen LogP contribution in [0.3, 0.4) is 0 Å². The first-order chi connectivity index (χ1) is 16.0. The van der Waals surface area contributed by atoms with Crippen molar-refractivity contribution in [1.82, 2.24) is 15.5 Å². The summed E-state index contributed by atoms with van der Waals surface area (Å²) in [5.74, 6) is -0.723. The number of rotatable bonds is 9. The fraction of sp³-hybridized carbons (Fsp3) is 0.667. The number of benzene rings is 1. The number of aryl methyl sites for hydroxylation is 1. The maximum atomic E-state index is 13.9. The zero-order valence-corrected chi connectivity index (χ0v) is 23.1. The van der Waals surface area contributed by atoms with Crippen LogP contribution < -0.4 is 10.6 Å². The number of carbonyl (C=O) groups is 3. The summed E-state index contributed by atoms with van der Waals surface area (Å²) in [6, 6.07) is 3.71. The fourth-order valence-corrected chi connectivity index (χ4v) is 3.78. The standard InChI is InChI=1S/C27H45N3O5/c1-17(2)16-21(28-25(34)35-27(8,9)10)24(33)30(14-15-31)22(23(32)29-26(5,6)7)20-13-11-12-18(3)19(20)4/h11-13,17,21-22,31H,14-16H2,1-10H3,(H,28,34)(H,29,32). The summed E-state index contributed by atoms with van der Waals surface area (Å²) in [4.78, 5) is 41.4. The second-order valence-electron chi connectivity index (χ2n) is 11.5. The molecule has 0 aromatic heterocycles. The second kappa shape index (κ2) is 12.4. The van der Waals surface area contributed by atoms with Gasteiger partial charge in [0.2, 0.25) is 11.8 Å². The molecule has 2 atom stereocenters. The van der Waals surface area contributed by atoms with Crippen LogP contribution in [0.1, 0.15) is 84.5 Å². The van der Waals surface area contributed by atoms with Gasteiger partial charge in [-0.1, -0.05) is 32.0 Å². The molecule has 3 amide bonds. The molecule has 0 aliphatic heterocycles. The van der Waals surface area contributed by atoms with Crippen LogP contribution >= 0.6 is 0 Å². The highest BCUT2D eigenvalue weighted by molar-refractivity contribution is 5.92. The maximum Gasteiger partial charge on any atom is 0.408 e. The number of hydrogen-bond acceptors (Lipinski definition) is 5. The molecule has 0 bridgehead atoms. The van der Waals surface area contributed by atoms with E-state index in [-0.39, 0.29) is 25.0 Å². The van der Waals surface area contributed by atoms with Crippen LogP contribution in [0.2, 0.25) is 0 Å². The van der Waals surface area contributed by atoms with Crippen molar-refractivity contribution in [2.24, 2.45) is 5.92 Å². The van der Waals surface area contributed by atoms with Gasteiger partial charge in [0.15, 0.2) is 0 Å². The Labute approximate surface area is 210 Å². The van der Waals surface area contributed by atoms with Crippen LogP contribution in [-0.2, 0) is 14.3 Å². The molecule has 8 nitrogen and oxygen atoms in total. The average Bonchev–Trinajstić information content (AvgIpc) is 2.66. The summed E-state index contributed by atoms with van der Waals surface area (Å²) in [7, 11) is 0. The maximum absolute atomic E-state index is 13.9. The van der Waals surface area contributed by atoms with E-state index in [1.54, 1.807) is 20.8 Å². The summed E-state index contributed by atoms with van der Waals surface area (Å²) < 4.78 is 5.38. The van der Waals surface area contributed by atoms with E-state index in [0.29, 0.717) is 12.0 Å². The highest BCUT2D eigenvalue weighted by Crippen LogP contribution is 2.28. The first-order valence-corrected chi connectivity index (χ1v) is 12.3.